The summed E-state index contributed by atoms with van der Waals surface area (Å²) in [6.45, 7) is 7.15. The summed E-state index contributed by atoms with van der Waals surface area (Å²) in [6.07, 6.45) is 5.94. The average Bonchev–Trinajstić information content (AvgIpc) is 2.75. The SMILES string of the molecule is CCOC(CC)(CC)C(NC)c1cnn(C)c1. The third-order valence-electron chi connectivity index (χ3n) is 3.50. The quantitative estimate of drug-likeness (QED) is 0.793. The minimum atomic E-state index is -0.146. The number of aromatic nitrogens is 2. The molecule has 1 atom stereocenters. The average molecular weight is 239 g/mol. The summed E-state index contributed by atoms with van der Waals surface area (Å²) in [5.41, 5.74) is 1.04. The van der Waals surface area contributed by atoms with Crippen LogP contribution in [-0.4, -0.2) is 29.0 Å². The molecule has 0 aliphatic rings. The van der Waals surface area contributed by atoms with Gasteiger partial charge >= 0.3 is 0 Å². The van der Waals surface area contributed by atoms with E-state index in [9.17, 15) is 0 Å². The molecule has 0 bridgehead atoms. The predicted octanol–water partition coefficient (Wildman–Crippen LogP) is 2.28. The highest BCUT2D eigenvalue weighted by Gasteiger charge is 2.37. The van der Waals surface area contributed by atoms with Crippen molar-refractivity contribution < 1.29 is 4.74 Å². The number of hydrogen-bond donors (Lipinski definition) is 1. The van der Waals surface area contributed by atoms with Gasteiger partial charge in [-0.05, 0) is 26.8 Å². The Morgan fingerprint density at radius 2 is 2.06 bits per heavy atom. The molecule has 0 radical (unpaired) electrons. The summed E-state index contributed by atoms with van der Waals surface area (Å²) >= 11 is 0. The number of aryl methyl sites for hydroxylation is 1. The Morgan fingerprint density at radius 1 is 1.41 bits per heavy atom. The van der Waals surface area contributed by atoms with Gasteiger partial charge in [0.2, 0.25) is 0 Å². The van der Waals surface area contributed by atoms with Crippen LogP contribution in [0.1, 0.15) is 45.2 Å². The molecule has 0 saturated carbocycles. The lowest BCUT2D eigenvalue weighted by Crippen LogP contribution is -2.44. The third-order valence-corrected chi connectivity index (χ3v) is 3.50. The van der Waals surface area contributed by atoms with Crippen molar-refractivity contribution in [3.8, 4) is 0 Å². The van der Waals surface area contributed by atoms with Crippen LogP contribution in [0.3, 0.4) is 0 Å². The Kier molecular flexibility index (Phi) is 5.15. The maximum absolute atomic E-state index is 6.05. The van der Waals surface area contributed by atoms with Gasteiger partial charge in [0.15, 0.2) is 0 Å². The second-order valence-corrected chi connectivity index (χ2v) is 4.37. The molecule has 0 aliphatic heterocycles. The van der Waals surface area contributed by atoms with Crippen molar-refractivity contribution >= 4 is 0 Å². The molecule has 0 amide bonds. The number of rotatable bonds is 7. The molecule has 0 saturated heterocycles. The van der Waals surface area contributed by atoms with Crippen molar-refractivity contribution in [3.05, 3.63) is 18.0 Å². The van der Waals surface area contributed by atoms with Crippen molar-refractivity contribution in [3.63, 3.8) is 0 Å². The first-order chi connectivity index (χ1) is 8.13. The lowest BCUT2D eigenvalue weighted by atomic mass is 9.85. The van der Waals surface area contributed by atoms with Crippen LogP contribution in [0.2, 0.25) is 0 Å². The fraction of sp³-hybridized carbons (Fsp3) is 0.769. The minimum absolute atomic E-state index is 0.146. The van der Waals surface area contributed by atoms with E-state index in [2.05, 4.69) is 37.4 Å². The van der Waals surface area contributed by atoms with Gasteiger partial charge in [0.1, 0.15) is 0 Å². The van der Waals surface area contributed by atoms with Crippen molar-refractivity contribution in [2.75, 3.05) is 13.7 Å². The van der Waals surface area contributed by atoms with E-state index in [1.165, 1.54) is 5.56 Å². The summed E-state index contributed by atoms with van der Waals surface area (Å²) in [5, 5.41) is 7.63. The van der Waals surface area contributed by atoms with Crippen molar-refractivity contribution in [2.45, 2.75) is 45.3 Å². The molecule has 4 heteroatoms. The third kappa shape index (κ3) is 2.87. The first kappa shape index (κ1) is 14.2. The summed E-state index contributed by atoms with van der Waals surface area (Å²) in [6, 6.07) is 0.186. The van der Waals surface area contributed by atoms with Crippen LogP contribution in [-0.2, 0) is 11.8 Å². The number of nitrogens with one attached hydrogen (secondary N) is 1. The molecule has 4 nitrogen and oxygen atoms in total. The van der Waals surface area contributed by atoms with Gasteiger partial charge in [-0.2, -0.15) is 5.10 Å². The molecule has 0 fully saturated rings. The molecule has 1 rings (SSSR count). The Balaban J connectivity index is 3.04. The fourth-order valence-corrected chi connectivity index (χ4v) is 2.56. The van der Waals surface area contributed by atoms with Gasteiger partial charge in [0.25, 0.3) is 0 Å². The van der Waals surface area contributed by atoms with E-state index in [4.69, 9.17) is 4.74 Å². The first-order valence-corrected chi connectivity index (χ1v) is 6.43. The minimum Gasteiger partial charge on any atom is -0.373 e. The molecule has 0 spiro atoms. The molecule has 1 unspecified atom stereocenters. The zero-order valence-electron chi connectivity index (χ0n) is 11.7. The molecule has 98 valence electrons. The van der Waals surface area contributed by atoms with Crippen LogP contribution in [0.4, 0.5) is 0 Å². The number of hydrogen-bond acceptors (Lipinski definition) is 3. The largest absolute Gasteiger partial charge is 0.373 e. The van der Waals surface area contributed by atoms with Crippen LogP contribution in [0, 0.1) is 0 Å². The first-order valence-electron chi connectivity index (χ1n) is 6.43. The zero-order chi connectivity index (χ0) is 12.9. The fourth-order valence-electron chi connectivity index (χ4n) is 2.56. The van der Waals surface area contributed by atoms with E-state index in [0.717, 1.165) is 19.4 Å². The number of likely N-dealkylation sites (N-methyl/N-ethyl adjacent to an activating group) is 1. The molecule has 1 heterocycles. The molecule has 0 aliphatic carbocycles. The van der Waals surface area contributed by atoms with Crippen molar-refractivity contribution in [2.24, 2.45) is 7.05 Å². The predicted molar refractivity (Wildman–Crippen MR) is 69.9 cm³/mol. The van der Waals surface area contributed by atoms with Crippen LogP contribution in [0.25, 0.3) is 0 Å². The van der Waals surface area contributed by atoms with E-state index < -0.39 is 0 Å². The van der Waals surface area contributed by atoms with Gasteiger partial charge in [0.05, 0.1) is 17.8 Å². The van der Waals surface area contributed by atoms with Gasteiger partial charge in [-0.3, -0.25) is 4.68 Å². The van der Waals surface area contributed by atoms with E-state index in [1.807, 2.05) is 25.0 Å². The maximum atomic E-state index is 6.05. The van der Waals surface area contributed by atoms with Crippen molar-refractivity contribution in [1.29, 1.82) is 0 Å². The monoisotopic (exact) mass is 239 g/mol. The zero-order valence-corrected chi connectivity index (χ0v) is 11.7. The lowest BCUT2D eigenvalue weighted by Gasteiger charge is -2.39. The van der Waals surface area contributed by atoms with Crippen LogP contribution < -0.4 is 5.32 Å². The van der Waals surface area contributed by atoms with E-state index in [1.54, 1.807) is 0 Å². The molecule has 1 aromatic rings. The molecular weight excluding hydrogens is 214 g/mol. The van der Waals surface area contributed by atoms with Gasteiger partial charge < -0.3 is 10.1 Å². The molecule has 0 aromatic carbocycles. The normalized spacial score (nSPS) is 13.9. The summed E-state index contributed by atoms with van der Waals surface area (Å²) in [4.78, 5) is 0. The Labute approximate surface area is 104 Å². The lowest BCUT2D eigenvalue weighted by molar-refractivity contribution is -0.0717. The van der Waals surface area contributed by atoms with Crippen LogP contribution in [0.5, 0.6) is 0 Å². The Bertz CT molecular complexity index is 331. The standard InChI is InChI=1S/C13H25N3O/c1-6-13(7-2,17-8-3)12(14-4)11-9-15-16(5)10-11/h9-10,12,14H,6-8H2,1-5H3. The number of ether oxygens (including phenoxy) is 1. The van der Waals surface area contributed by atoms with Crippen LogP contribution >= 0.6 is 0 Å². The van der Waals surface area contributed by atoms with E-state index in [-0.39, 0.29) is 11.6 Å². The topological polar surface area (TPSA) is 39.1 Å². The van der Waals surface area contributed by atoms with Gasteiger partial charge in [0, 0.05) is 25.4 Å². The van der Waals surface area contributed by atoms with Gasteiger partial charge in [-0.25, -0.2) is 0 Å². The highest BCUT2D eigenvalue weighted by atomic mass is 16.5. The second kappa shape index (κ2) is 6.17. The van der Waals surface area contributed by atoms with Gasteiger partial charge in [-0.15, -0.1) is 0 Å². The summed E-state index contributed by atoms with van der Waals surface area (Å²) in [5.74, 6) is 0. The molecule has 17 heavy (non-hydrogen) atoms. The summed E-state index contributed by atoms with van der Waals surface area (Å²) < 4.78 is 7.88. The molecule has 1 N–H and O–H groups in total. The Hall–Kier alpha value is -0.870. The highest BCUT2D eigenvalue weighted by Crippen LogP contribution is 2.34. The maximum Gasteiger partial charge on any atom is 0.0871 e. The molecular formula is C13H25N3O. The summed E-state index contributed by atoms with van der Waals surface area (Å²) in [7, 11) is 3.92. The smallest absolute Gasteiger partial charge is 0.0871 e. The van der Waals surface area contributed by atoms with Gasteiger partial charge in [-0.1, -0.05) is 13.8 Å². The second-order valence-electron chi connectivity index (χ2n) is 4.37. The van der Waals surface area contributed by atoms with E-state index in [0.29, 0.717) is 0 Å². The van der Waals surface area contributed by atoms with E-state index >= 15 is 0 Å². The van der Waals surface area contributed by atoms with Crippen LogP contribution in [0.15, 0.2) is 12.4 Å². The van der Waals surface area contributed by atoms with Crippen molar-refractivity contribution in [1.82, 2.24) is 15.1 Å². The highest BCUT2D eigenvalue weighted by molar-refractivity contribution is 5.16. The Morgan fingerprint density at radius 3 is 2.41 bits per heavy atom. The molecule has 1 aromatic heterocycles. The number of nitrogens with zero attached hydrogens (tertiary/aromatic N) is 2.